The van der Waals surface area contributed by atoms with Gasteiger partial charge in [-0.15, -0.1) is 0 Å². The third-order valence-corrected chi connectivity index (χ3v) is 8.95. The lowest BCUT2D eigenvalue weighted by atomic mass is 10.0. The van der Waals surface area contributed by atoms with Crippen molar-refractivity contribution in [2.45, 2.75) is 199 Å². The monoisotopic (exact) mass is 605 g/mol. The van der Waals surface area contributed by atoms with E-state index < -0.39 is 40.0 Å². The van der Waals surface area contributed by atoms with Gasteiger partial charge in [-0.05, 0) is 12.8 Å². The summed E-state index contributed by atoms with van der Waals surface area (Å²) in [6.07, 6.45) is 27.0. The predicted molar refractivity (Wildman–Crippen MR) is 172 cm³/mol. The van der Waals surface area contributed by atoms with Crippen molar-refractivity contribution in [2.24, 2.45) is 0 Å². The predicted octanol–water partition coefficient (Wildman–Crippen LogP) is 8.26. The summed E-state index contributed by atoms with van der Waals surface area (Å²) in [5.74, 6) is -1.45. The van der Waals surface area contributed by atoms with E-state index in [-0.39, 0.29) is 0 Å². The van der Waals surface area contributed by atoms with E-state index in [0.29, 0.717) is 12.8 Å². The van der Waals surface area contributed by atoms with Crippen molar-refractivity contribution in [1.82, 2.24) is 5.32 Å². The molecule has 0 saturated heterocycles. The van der Waals surface area contributed by atoms with Crippen LogP contribution in [0.15, 0.2) is 0 Å². The number of carbonyl (C=O) groups is 1. The number of carbonyl (C=O) groups excluding carboxylic acids is 1. The zero-order chi connectivity index (χ0) is 30.6. The summed E-state index contributed by atoms with van der Waals surface area (Å²) >= 11 is 0. The van der Waals surface area contributed by atoms with Gasteiger partial charge in [0.1, 0.15) is 6.10 Å². The van der Waals surface area contributed by atoms with Gasteiger partial charge in [-0.3, -0.25) is 9.35 Å². The lowest BCUT2D eigenvalue weighted by Crippen LogP contribution is -2.50. The molecule has 7 nitrogen and oxygen atoms in total. The summed E-state index contributed by atoms with van der Waals surface area (Å²) in [6.45, 7) is 4.45. The molecule has 0 saturated carbocycles. The van der Waals surface area contributed by atoms with E-state index in [4.69, 9.17) is 0 Å². The van der Waals surface area contributed by atoms with Crippen LogP contribution in [0.4, 0.5) is 0 Å². The summed E-state index contributed by atoms with van der Waals surface area (Å²) in [5, 5.41) is 23.3. The highest BCUT2D eigenvalue weighted by Crippen LogP contribution is 2.16. The molecule has 8 heteroatoms. The molecule has 0 spiro atoms. The minimum atomic E-state index is -4.39. The van der Waals surface area contributed by atoms with Crippen LogP contribution in [0.25, 0.3) is 0 Å². The lowest BCUT2D eigenvalue weighted by Gasteiger charge is -2.24. The maximum atomic E-state index is 12.5. The van der Waals surface area contributed by atoms with Crippen LogP contribution in [-0.2, 0) is 14.9 Å². The molecule has 0 aliphatic rings. The lowest BCUT2D eigenvalue weighted by molar-refractivity contribution is -0.131. The molecule has 0 aliphatic carbocycles. The average Bonchev–Trinajstić information content (AvgIpc) is 2.92. The molecule has 0 aliphatic heterocycles. The van der Waals surface area contributed by atoms with Gasteiger partial charge < -0.3 is 15.5 Å². The first-order valence-electron chi connectivity index (χ1n) is 17.3. The first-order valence-corrected chi connectivity index (χ1v) is 18.9. The number of amides is 1. The quantitative estimate of drug-likeness (QED) is 0.0466. The minimum Gasteiger partial charge on any atom is -0.391 e. The fourth-order valence-electron chi connectivity index (χ4n) is 5.46. The van der Waals surface area contributed by atoms with Gasteiger partial charge in [0, 0.05) is 0 Å². The molecular formula is C33H67NO6S. The number of hydrogen-bond acceptors (Lipinski definition) is 5. The highest BCUT2D eigenvalue weighted by Gasteiger charge is 2.28. The summed E-state index contributed by atoms with van der Waals surface area (Å²) < 4.78 is 32.3. The fraction of sp³-hybridized carbons (Fsp3) is 0.970. The van der Waals surface area contributed by atoms with E-state index in [2.05, 4.69) is 19.2 Å². The second-order valence-corrected chi connectivity index (χ2v) is 13.8. The minimum absolute atomic E-state index is 0.303. The van der Waals surface area contributed by atoms with Crippen LogP contribution in [0.5, 0.6) is 0 Å². The molecule has 246 valence electrons. The molecule has 0 radical (unpaired) electrons. The molecule has 41 heavy (non-hydrogen) atoms. The van der Waals surface area contributed by atoms with Gasteiger partial charge in [0.2, 0.25) is 5.91 Å². The summed E-state index contributed by atoms with van der Waals surface area (Å²) in [5.41, 5.74) is 0. The smallest absolute Gasteiger partial charge is 0.266 e. The second kappa shape index (κ2) is 28.1. The van der Waals surface area contributed by atoms with Crippen LogP contribution in [0.1, 0.15) is 181 Å². The van der Waals surface area contributed by atoms with Crippen LogP contribution in [0.3, 0.4) is 0 Å². The highest BCUT2D eigenvalue weighted by atomic mass is 32.2. The van der Waals surface area contributed by atoms with Crippen molar-refractivity contribution in [3.05, 3.63) is 0 Å². The van der Waals surface area contributed by atoms with E-state index in [9.17, 15) is 28.0 Å². The van der Waals surface area contributed by atoms with Crippen molar-refractivity contribution in [1.29, 1.82) is 0 Å². The van der Waals surface area contributed by atoms with Crippen LogP contribution in [0, 0.1) is 0 Å². The molecule has 0 bridgehead atoms. The zero-order valence-corrected chi connectivity index (χ0v) is 27.6. The molecule has 3 atom stereocenters. The Hall–Kier alpha value is -0.700. The Bertz CT molecular complexity index is 687. The first kappa shape index (κ1) is 40.3. The van der Waals surface area contributed by atoms with Gasteiger partial charge >= 0.3 is 0 Å². The number of nitrogens with one attached hydrogen (secondary N) is 1. The van der Waals surface area contributed by atoms with Gasteiger partial charge in [0.15, 0.2) is 0 Å². The Morgan fingerprint density at radius 1 is 0.561 bits per heavy atom. The van der Waals surface area contributed by atoms with E-state index in [1.54, 1.807) is 0 Å². The number of rotatable bonds is 31. The number of unbranched alkanes of at least 4 members (excludes halogenated alkanes) is 22. The third kappa shape index (κ3) is 27.9. The normalized spacial score (nSPS) is 14.2. The summed E-state index contributed by atoms with van der Waals surface area (Å²) in [6, 6.07) is -1.14. The molecular weight excluding hydrogens is 538 g/mol. The van der Waals surface area contributed by atoms with E-state index in [1.807, 2.05) is 0 Å². The molecule has 0 aromatic heterocycles. The zero-order valence-electron chi connectivity index (χ0n) is 26.8. The van der Waals surface area contributed by atoms with E-state index >= 15 is 0 Å². The summed E-state index contributed by atoms with van der Waals surface area (Å²) in [7, 11) is -4.39. The van der Waals surface area contributed by atoms with Crippen molar-refractivity contribution < 1.29 is 28.0 Å². The number of aliphatic hydroxyl groups excluding tert-OH is 2. The molecule has 0 aromatic carbocycles. The molecule has 0 fully saturated rings. The average molecular weight is 606 g/mol. The third-order valence-electron chi connectivity index (χ3n) is 8.17. The Labute approximate surface area is 253 Å². The highest BCUT2D eigenvalue weighted by molar-refractivity contribution is 7.85. The fourth-order valence-corrected chi connectivity index (χ4v) is 6.22. The van der Waals surface area contributed by atoms with Gasteiger partial charge in [0.25, 0.3) is 10.1 Å². The van der Waals surface area contributed by atoms with E-state index in [0.717, 1.165) is 44.9 Å². The van der Waals surface area contributed by atoms with Crippen molar-refractivity contribution >= 4 is 16.0 Å². The Morgan fingerprint density at radius 3 is 1.22 bits per heavy atom. The molecule has 1 amide bonds. The Morgan fingerprint density at radius 2 is 0.878 bits per heavy atom. The van der Waals surface area contributed by atoms with Gasteiger partial charge in [-0.1, -0.05) is 168 Å². The molecule has 4 N–H and O–H groups in total. The van der Waals surface area contributed by atoms with Crippen LogP contribution in [0.2, 0.25) is 0 Å². The molecule has 0 aromatic rings. The van der Waals surface area contributed by atoms with E-state index in [1.165, 1.54) is 109 Å². The van der Waals surface area contributed by atoms with Crippen molar-refractivity contribution in [3.63, 3.8) is 0 Å². The Kier molecular flexibility index (Phi) is 27.6. The Balaban J connectivity index is 4.02. The molecule has 3 unspecified atom stereocenters. The number of aliphatic hydroxyl groups is 2. The van der Waals surface area contributed by atoms with Crippen LogP contribution < -0.4 is 5.32 Å². The largest absolute Gasteiger partial charge is 0.391 e. The maximum Gasteiger partial charge on any atom is 0.266 e. The number of hydrogen-bond donors (Lipinski definition) is 4. The SMILES string of the molecule is CCCCCCCCCCCCCCCCCC(O)C(=O)NC(CS(=O)(=O)O)C(O)CCCCCCCCCCC. The van der Waals surface area contributed by atoms with Crippen LogP contribution in [-0.4, -0.2) is 53.1 Å². The standard InChI is InChI=1S/C33H67NO6S/c1-3-5-7-9-11-13-14-15-16-17-18-20-22-24-26-28-32(36)33(37)34-30(29-41(38,39)40)31(35)27-25-23-21-19-12-10-8-6-4-2/h30-32,35-36H,3-29H2,1-2H3,(H,34,37)(H,38,39,40). The topological polar surface area (TPSA) is 124 Å². The van der Waals surface area contributed by atoms with Crippen molar-refractivity contribution in [3.8, 4) is 0 Å². The van der Waals surface area contributed by atoms with Gasteiger partial charge in [0.05, 0.1) is 17.9 Å². The second-order valence-electron chi connectivity index (χ2n) is 12.3. The summed E-state index contributed by atoms with van der Waals surface area (Å²) in [4.78, 5) is 12.5. The maximum absolute atomic E-state index is 12.5. The first-order chi connectivity index (χ1) is 19.7. The van der Waals surface area contributed by atoms with Gasteiger partial charge in [-0.25, -0.2) is 0 Å². The van der Waals surface area contributed by atoms with Gasteiger partial charge in [-0.2, -0.15) is 8.42 Å². The van der Waals surface area contributed by atoms with Crippen molar-refractivity contribution in [2.75, 3.05) is 5.75 Å². The van der Waals surface area contributed by atoms with Crippen LogP contribution >= 0.6 is 0 Å². The molecule has 0 heterocycles. The molecule has 0 rings (SSSR count).